The zero-order chi connectivity index (χ0) is 13.3. The van der Waals surface area contributed by atoms with Crippen molar-refractivity contribution in [1.82, 2.24) is 5.01 Å². The van der Waals surface area contributed by atoms with Gasteiger partial charge in [0.15, 0.2) is 0 Å². The third-order valence-corrected chi connectivity index (χ3v) is 2.67. The van der Waals surface area contributed by atoms with E-state index in [1.807, 2.05) is 29.3 Å². The van der Waals surface area contributed by atoms with Gasteiger partial charge in [0.05, 0.1) is 5.69 Å². The Balaban J connectivity index is 1.95. The summed E-state index contributed by atoms with van der Waals surface area (Å²) >= 11 is 0. The smallest absolute Gasteiger partial charge is 0.105 e. The number of nitrogens with zero attached hydrogens (tertiary/aromatic N) is 3. The summed E-state index contributed by atoms with van der Waals surface area (Å²) < 4.78 is 0. The fraction of sp³-hybridized carbons (Fsp3) is 0.333. The molecule has 1 aliphatic rings. The van der Waals surface area contributed by atoms with E-state index in [2.05, 4.69) is 34.0 Å². The Hall–Kier alpha value is -2.30. The van der Waals surface area contributed by atoms with Crippen molar-refractivity contribution < 1.29 is 5.11 Å². The first-order valence-corrected chi connectivity index (χ1v) is 6.25. The monoisotopic (exact) mass is 253 g/mol. The molecule has 0 radical (unpaired) electrons. The largest absolute Gasteiger partial charge is 0.384 e. The third-order valence-electron chi connectivity index (χ3n) is 2.67. The van der Waals surface area contributed by atoms with Gasteiger partial charge in [-0.05, 0) is 48.9 Å². The van der Waals surface area contributed by atoms with Crippen molar-refractivity contribution in [3.05, 3.63) is 29.8 Å². The first-order valence-electron chi connectivity index (χ1n) is 6.25. The number of aliphatic hydroxyl groups is 1. The maximum atomic E-state index is 8.48. The van der Waals surface area contributed by atoms with Gasteiger partial charge >= 0.3 is 0 Å². The Morgan fingerprint density at radius 1 is 1.11 bits per heavy atom. The molecule has 19 heavy (non-hydrogen) atoms. The molecule has 1 fully saturated rings. The summed E-state index contributed by atoms with van der Waals surface area (Å²) in [6, 6.07) is 7.52. The lowest BCUT2D eigenvalue weighted by Gasteiger charge is -2.06. The predicted molar refractivity (Wildman–Crippen MR) is 73.5 cm³/mol. The molecular formula is C15H15N3O. The highest BCUT2D eigenvalue weighted by molar-refractivity contribution is 5.46. The number of aliphatic hydroxyl groups excluding tert-OH is 1. The average molecular weight is 253 g/mol. The van der Waals surface area contributed by atoms with Crippen molar-refractivity contribution in [2.45, 2.75) is 12.8 Å². The van der Waals surface area contributed by atoms with Crippen LogP contribution in [-0.4, -0.2) is 29.8 Å². The van der Waals surface area contributed by atoms with Gasteiger partial charge in [0, 0.05) is 18.7 Å². The minimum atomic E-state index is -0.162. The van der Waals surface area contributed by atoms with Gasteiger partial charge in [-0.2, -0.15) is 0 Å². The van der Waals surface area contributed by atoms with Gasteiger partial charge in [-0.25, -0.2) is 0 Å². The Morgan fingerprint density at radius 2 is 1.84 bits per heavy atom. The lowest BCUT2D eigenvalue weighted by molar-refractivity contribution is 0.336. The predicted octanol–water partition coefficient (Wildman–Crippen LogP) is 2.13. The number of hydrogen-bond donors (Lipinski definition) is 1. The maximum absolute atomic E-state index is 8.48. The van der Waals surface area contributed by atoms with E-state index < -0.39 is 0 Å². The summed E-state index contributed by atoms with van der Waals surface area (Å²) in [7, 11) is 0. The molecule has 4 heteroatoms. The molecule has 0 amide bonds. The molecule has 1 heterocycles. The van der Waals surface area contributed by atoms with Gasteiger partial charge in [0.25, 0.3) is 0 Å². The summed E-state index contributed by atoms with van der Waals surface area (Å²) in [5, 5.41) is 18.8. The minimum Gasteiger partial charge on any atom is -0.384 e. The SMILES string of the molecule is OCC#CC#Cc1ccc(N=NN2CCCC2)cc1. The highest BCUT2D eigenvalue weighted by Gasteiger charge is 2.08. The van der Waals surface area contributed by atoms with E-state index in [-0.39, 0.29) is 6.61 Å². The van der Waals surface area contributed by atoms with E-state index >= 15 is 0 Å². The van der Waals surface area contributed by atoms with E-state index in [0.717, 1.165) is 24.3 Å². The molecule has 1 saturated heterocycles. The van der Waals surface area contributed by atoms with Gasteiger partial charge in [-0.15, -0.1) is 5.11 Å². The number of benzene rings is 1. The van der Waals surface area contributed by atoms with Crippen molar-refractivity contribution in [3.8, 4) is 23.7 Å². The molecule has 0 aromatic heterocycles. The molecule has 0 saturated carbocycles. The highest BCUT2D eigenvalue weighted by atomic mass is 16.2. The standard InChI is InChI=1S/C15H15N3O/c19-13-5-1-2-6-14-7-9-15(10-8-14)16-17-18-11-3-4-12-18/h7-10,19H,3-4,11-13H2. The van der Waals surface area contributed by atoms with Crippen LogP contribution in [0.2, 0.25) is 0 Å². The second-order valence-electron chi connectivity index (χ2n) is 4.11. The molecule has 0 aliphatic carbocycles. The second kappa shape index (κ2) is 7.20. The molecule has 1 aromatic carbocycles. The van der Waals surface area contributed by atoms with E-state index in [0.29, 0.717) is 0 Å². The van der Waals surface area contributed by atoms with Crippen LogP contribution in [0, 0.1) is 23.7 Å². The Morgan fingerprint density at radius 3 is 2.53 bits per heavy atom. The van der Waals surface area contributed by atoms with E-state index in [1.54, 1.807) is 0 Å². The number of hydrogen-bond acceptors (Lipinski definition) is 3. The van der Waals surface area contributed by atoms with Crippen LogP contribution in [0.25, 0.3) is 0 Å². The normalized spacial score (nSPS) is 13.8. The van der Waals surface area contributed by atoms with Gasteiger partial charge in [0.1, 0.15) is 6.61 Å². The summed E-state index contributed by atoms with van der Waals surface area (Å²) in [6.45, 7) is 1.83. The molecule has 1 N–H and O–H groups in total. The summed E-state index contributed by atoms with van der Waals surface area (Å²) in [4.78, 5) is 0. The maximum Gasteiger partial charge on any atom is 0.105 e. The molecule has 0 unspecified atom stereocenters. The molecule has 2 rings (SSSR count). The fourth-order valence-corrected chi connectivity index (χ4v) is 1.70. The Labute approximate surface area is 113 Å². The molecule has 1 aliphatic heterocycles. The topological polar surface area (TPSA) is 48.2 Å². The average Bonchev–Trinajstić information content (AvgIpc) is 2.96. The van der Waals surface area contributed by atoms with Gasteiger partial charge in [0.2, 0.25) is 0 Å². The van der Waals surface area contributed by atoms with Crippen LogP contribution in [0.1, 0.15) is 18.4 Å². The van der Waals surface area contributed by atoms with Gasteiger partial charge in [-0.3, -0.25) is 5.01 Å². The van der Waals surface area contributed by atoms with Crippen molar-refractivity contribution in [1.29, 1.82) is 0 Å². The van der Waals surface area contributed by atoms with Crippen LogP contribution in [0.4, 0.5) is 5.69 Å². The molecule has 1 aromatic rings. The minimum absolute atomic E-state index is 0.162. The zero-order valence-corrected chi connectivity index (χ0v) is 10.6. The zero-order valence-electron chi connectivity index (χ0n) is 10.6. The van der Waals surface area contributed by atoms with Crippen LogP contribution in [0.15, 0.2) is 34.6 Å². The third kappa shape index (κ3) is 4.46. The summed E-state index contributed by atoms with van der Waals surface area (Å²) in [6.07, 6.45) is 2.39. The molecule has 0 bridgehead atoms. The van der Waals surface area contributed by atoms with Gasteiger partial charge in [-0.1, -0.05) is 17.1 Å². The lowest BCUT2D eigenvalue weighted by Crippen LogP contribution is -2.09. The Bertz CT molecular complexity index is 549. The van der Waals surface area contributed by atoms with Crippen molar-refractivity contribution in [2.24, 2.45) is 10.3 Å². The van der Waals surface area contributed by atoms with Crippen LogP contribution in [0.5, 0.6) is 0 Å². The fourth-order valence-electron chi connectivity index (χ4n) is 1.70. The summed E-state index contributed by atoms with van der Waals surface area (Å²) in [5.74, 6) is 10.6. The summed E-state index contributed by atoms with van der Waals surface area (Å²) in [5.41, 5.74) is 1.69. The van der Waals surface area contributed by atoms with Crippen molar-refractivity contribution in [3.63, 3.8) is 0 Å². The van der Waals surface area contributed by atoms with E-state index in [9.17, 15) is 0 Å². The van der Waals surface area contributed by atoms with E-state index in [1.165, 1.54) is 12.8 Å². The van der Waals surface area contributed by atoms with Crippen LogP contribution < -0.4 is 0 Å². The van der Waals surface area contributed by atoms with Crippen molar-refractivity contribution >= 4 is 5.69 Å². The quantitative estimate of drug-likeness (QED) is 0.648. The molecule has 0 atom stereocenters. The van der Waals surface area contributed by atoms with Crippen LogP contribution in [-0.2, 0) is 0 Å². The van der Waals surface area contributed by atoms with Gasteiger partial charge < -0.3 is 5.11 Å². The molecule has 0 spiro atoms. The highest BCUT2D eigenvalue weighted by Crippen LogP contribution is 2.15. The first-order chi connectivity index (χ1) is 9.38. The first kappa shape index (κ1) is 13.1. The Kier molecular flexibility index (Phi) is 4.98. The number of rotatable bonds is 2. The molecule has 96 valence electrons. The molecular weight excluding hydrogens is 238 g/mol. The van der Waals surface area contributed by atoms with Crippen molar-refractivity contribution in [2.75, 3.05) is 19.7 Å². The lowest BCUT2D eigenvalue weighted by atomic mass is 10.2. The molecule has 4 nitrogen and oxygen atoms in total. The van der Waals surface area contributed by atoms with Crippen LogP contribution >= 0.6 is 0 Å². The second-order valence-corrected chi connectivity index (χ2v) is 4.11. The van der Waals surface area contributed by atoms with Crippen LogP contribution in [0.3, 0.4) is 0 Å². The van der Waals surface area contributed by atoms with E-state index in [4.69, 9.17) is 5.11 Å².